The van der Waals surface area contributed by atoms with Crippen LogP contribution in [-0.4, -0.2) is 13.1 Å². The number of carbonyl (C=O) groups is 1. The van der Waals surface area contributed by atoms with Gasteiger partial charge in [0, 0.05) is 5.02 Å². The van der Waals surface area contributed by atoms with Crippen LogP contribution in [0.5, 0.6) is 0 Å². The molecule has 0 radical (unpaired) electrons. The number of nitriles is 1. The second kappa shape index (κ2) is 3.92. The Morgan fingerprint density at radius 1 is 1.54 bits per heavy atom. The van der Waals surface area contributed by atoms with Crippen LogP contribution >= 0.6 is 11.6 Å². The first-order chi connectivity index (χ1) is 6.17. The highest BCUT2D eigenvalue weighted by atomic mass is 35.5. The van der Waals surface area contributed by atoms with Crippen LogP contribution in [-0.2, 0) is 4.74 Å². The highest BCUT2D eigenvalue weighted by Gasteiger charge is 2.07. The minimum Gasteiger partial charge on any atom is -0.465 e. The standard InChI is InChI=1S/C9H6ClNO2/c1-13-9(12)7-2-6(5-11)3-8(10)4-7/h2-4H,1H3. The van der Waals surface area contributed by atoms with Gasteiger partial charge in [-0.3, -0.25) is 0 Å². The smallest absolute Gasteiger partial charge is 0.337 e. The monoisotopic (exact) mass is 195 g/mol. The van der Waals surface area contributed by atoms with E-state index in [1.807, 2.05) is 6.07 Å². The number of halogens is 1. The van der Waals surface area contributed by atoms with E-state index in [1.165, 1.54) is 25.3 Å². The summed E-state index contributed by atoms with van der Waals surface area (Å²) >= 11 is 5.67. The zero-order valence-electron chi connectivity index (χ0n) is 6.87. The summed E-state index contributed by atoms with van der Waals surface area (Å²) in [5.74, 6) is -0.501. The van der Waals surface area contributed by atoms with E-state index in [-0.39, 0.29) is 5.56 Å². The van der Waals surface area contributed by atoms with Crippen LogP contribution in [0.4, 0.5) is 0 Å². The Hall–Kier alpha value is -1.53. The molecule has 0 aliphatic rings. The fourth-order valence-corrected chi connectivity index (χ4v) is 1.12. The lowest BCUT2D eigenvalue weighted by Gasteiger charge is -1.99. The summed E-state index contributed by atoms with van der Waals surface area (Å²) in [7, 11) is 1.27. The molecule has 1 rings (SSSR count). The van der Waals surface area contributed by atoms with Crippen molar-refractivity contribution in [3.8, 4) is 6.07 Å². The van der Waals surface area contributed by atoms with Crippen LogP contribution in [0.2, 0.25) is 5.02 Å². The maximum atomic E-state index is 11.0. The van der Waals surface area contributed by atoms with Gasteiger partial charge in [0.1, 0.15) is 0 Å². The molecular weight excluding hydrogens is 190 g/mol. The van der Waals surface area contributed by atoms with Gasteiger partial charge in [0.25, 0.3) is 0 Å². The first kappa shape index (κ1) is 9.56. The van der Waals surface area contributed by atoms with Crippen molar-refractivity contribution < 1.29 is 9.53 Å². The van der Waals surface area contributed by atoms with Crippen molar-refractivity contribution in [1.82, 2.24) is 0 Å². The van der Waals surface area contributed by atoms with Gasteiger partial charge < -0.3 is 4.74 Å². The minimum atomic E-state index is -0.501. The van der Waals surface area contributed by atoms with Crippen molar-refractivity contribution in [1.29, 1.82) is 5.26 Å². The third kappa shape index (κ3) is 2.20. The second-order valence-corrected chi connectivity index (χ2v) is 2.77. The molecule has 0 amide bonds. The van der Waals surface area contributed by atoms with Crippen LogP contribution in [0.1, 0.15) is 15.9 Å². The van der Waals surface area contributed by atoms with Crippen molar-refractivity contribution in [2.24, 2.45) is 0 Å². The molecule has 0 aliphatic carbocycles. The SMILES string of the molecule is COC(=O)c1cc(Cl)cc(C#N)c1. The molecule has 1 aromatic carbocycles. The van der Waals surface area contributed by atoms with E-state index in [2.05, 4.69) is 4.74 Å². The number of hydrogen-bond acceptors (Lipinski definition) is 3. The van der Waals surface area contributed by atoms with E-state index >= 15 is 0 Å². The molecule has 4 heteroatoms. The summed E-state index contributed by atoms with van der Waals surface area (Å²) in [6, 6.07) is 6.26. The highest BCUT2D eigenvalue weighted by Crippen LogP contribution is 2.15. The van der Waals surface area contributed by atoms with E-state index in [0.29, 0.717) is 10.6 Å². The second-order valence-electron chi connectivity index (χ2n) is 2.33. The summed E-state index contributed by atoms with van der Waals surface area (Å²) in [4.78, 5) is 11.0. The Labute approximate surface area is 80.5 Å². The van der Waals surface area contributed by atoms with Gasteiger partial charge in [-0.2, -0.15) is 5.26 Å². The fraction of sp³-hybridized carbons (Fsp3) is 0.111. The van der Waals surface area contributed by atoms with Crippen LogP contribution in [0, 0.1) is 11.3 Å². The van der Waals surface area contributed by atoms with Crippen LogP contribution < -0.4 is 0 Å². The van der Waals surface area contributed by atoms with Gasteiger partial charge in [-0.25, -0.2) is 4.79 Å². The lowest BCUT2D eigenvalue weighted by molar-refractivity contribution is 0.0600. The summed E-state index contributed by atoms with van der Waals surface area (Å²) < 4.78 is 4.48. The maximum Gasteiger partial charge on any atom is 0.337 e. The Kier molecular flexibility index (Phi) is 2.88. The van der Waals surface area contributed by atoms with Gasteiger partial charge in [0.2, 0.25) is 0 Å². The number of esters is 1. The van der Waals surface area contributed by atoms with Gasteiger partial charge >= 0.3 is 5.97 Å². The molecule has 0 fully saturated rings. The molecule has 0 saturated carbocycles. The zero-order chi connectivity index (χ0) is 9.84. The third-order valence-electron chi connectivity index (χ3n) is 1.45. The van der Waals surface area contributed by atoms with Crippen LogP contribution in [0.15, 0.2) is 18.2 Å². The van der Waals surface area contributed by atoms with E-state index in [1.54, 1.807) is 0 Å². The summed E-state index contributed by atoms with van der Waals surface area (Å²) in [6.45, 7) is 0. The molecule has 0 spiro atoms. The Morgan fingerprint density at radius 2 is 2.23 bits per heavy atom. The number of nitrogens with zero attached hydrogens (tertiary/aromatic N) is 1. The quantitative estimate of drug-likeness (QED) is 0.644. The third-order valence-corrected chi connectivity index (χ3v) is 1.67. The largest absolute Gasteiger partial charge is 0.465 e. The lowest BCUT2D eigenvalue weighted by atomic mass is 10.1. The summed E-state index contributed by atoms with van der Waals surface area (Å²) in [5, 5.41) is 8.93. The fourth-order valence-electron chi connectivity index (χ4n) is 0.890. The molecule has 0 aliphatic heterocycles. The van der Waals surface area contributed by atoms with Crippen molar-refractivity contribution >= 4 is 17.6 Å². The molecule has 0 aromatic heterocycles. The summed E-state index contributed by atoms with van der Waals surface area (Å²) in [5.41, 5.74) is 0.624. The Bertz CT molecular complexity index is 382. The molecule has 66 valence electrons. The number of ether oxygens (including phenoxy) is 1. The highest BCUT2D eigenvalue weighted by molar-refractivity contribution is 6.31. The van der Waals surface area contributed by atoms with E-state index in [0.717, 1.165) is 0 Å². The average molecular weight is 196 g/mol. The van der Waals surface area contributed by atoms with Crippen LogP contribution in [0.25, 0.3) is 0 Å². The first-order valence-corrected chi connectivity index (χ1v) is 3.84. The number of carbonyl (C=O) groups excluding carboxylic acids is 1. The molecule has 0 saturated heterocycles. The van der Waals surface area contributed by atoms with E-state index in [4.69, 9.17) is 16.9 Å². The molecule has 0 atom stereocenters. The molecule has 1 aromatic rings. The maximum absolute atomic E-state index is 11.0. The minimum absolute atomic E-state index is 0.284. The van der Waals surface area contributed by atoms with Crippen molar-refractivity contribution in [2.75, 3.05) is 7.11 Å². The van der Waals surface area contributed by atoms with Gasteiger partial charge in [-0.15, -0.1) is 0 Å². The molecule has 13 heavy (non-hydrogen) atoms. The van der Waals surface area contributed by atoms with Gasteiger partial charge in [0.15, 0.2) is 0 Å². The molecular formula is C9H6ClNO2. The number of rotatable bonds is 1. The zero-order valence-corrected chi connectivity index (χ0v) is 7.63. The van der Waals surface area contributed by atoms with Gasteiger partial charge in [-0.1, -0.05) is 11.6 Å². The Morgan fingerprint density at radius 3 is 2.77 bits per heavy atom. The van der Waals surface area contributed by atoms with Crippen molar-refractivity contribution in [3.05, 3.63) is 34.3 Å². The predicted octanol–water partition coefficient (Wildman–Crippen LogP) is 2.00. The molecule has 0 unspecified atom stereocenters. The number of benzene rings is 1. The van der Waals surface area contributed by atoms with Gasteiger partial charge in [0.05, 0.1) is 24.3 Å². The van der Waals surface area contributed by atoms with Crippen molar-refractivity contribution in [2.45, 2.75) is 0 Å². The number of methoxy groups -OCH3 is 1. The van der Waals surface area contributed by atoms with E-state index in [9.17, 15) is 4.79 Å². The molecule has 0 N–H and O–H groups in total. The topological polar surface area (TPSA) is 50.1 Å². The van der Waals surface area contributed by atoms with Gasteiger partial charge in [-0.05, 0) is 18.2 Å². The normalized spacial score (nSPS) is 9.00. The van der Waals surface area contributed by atoms with E-state index < -0.39 is 5.97 Å². The number of hydrogen-bond donors (Lipinski definition) is 0. The van der Waals surface area contributed by atoms with Crippen LogP contribution in [0.3, 0.4) is 0 Å². The molecule has 3 nitrogen and oxygen atoms in total. The average Bonchev–Trinajstić information content (AvgIpc) is 2.15. The molecule has 0 bridgehead atoms. The predicted molar refractivity (Wildman–Crippen MR) is 47.5 cm³/mol. The first-order valence-electron chi connectivity index (χ1n) is 3.46. The van der Waals surface area contributed by atoms with Crippen molar-refractivity contribution in [3.63, 3.8) is 0 Å². The Balaban J connectivity index is 3.17. The summed E-state index contributed by atoms with van der Waals surface area (Å²) in [6.07, 6.45) is 0. The lowest BCUT2D eigenvalue weighted by Crippen LogP contribution is -2.01. The molecule has 0 heterocycles.